The number of nitrogens with two attached hydrogens (primary N) is 1. The van der Waals surface area contributed by atoms with Gasteiger partial charge < -0.3 is 11.1 Å². The molecule has 0 saturated heterocycles. The summed E-state index contributed by atoms with van der Waals surface area (Å²) in [4.78, 5) is 0. The van der Waals surface area contributed by atoms with Crippen LogP contribution < -0.4 is 11.1 Å². The average Bonchev–Trinajstić information content (AvgIpc) is 1.72. The summed E-state index contributed by atoms with van der Waals surface area (Å²) in [5.41, 5.74) is 5.34. The molecule has 0 aliphatic rings. The molecule has 0 saturated carbocycles. The van der Waals surface area contributed by atoms with Crippen LogP contribution in [0.2, 0.25) is 0 Å². The van der Waals surface area contributed by atoms with Crippen LogP contribution in [-0.4, -0.2) is 19.6 Å². The van der Waals surface area contributed by atoms with Crippen LogP contribution in [0.4, 0.5) is 0 Å². The minimum Gasteiger partial charge on any atom is -0.327 e. The van der Waals surface area contributed by atoms with Crippen molar-refractivity contribution in [2.24, 2.45) is 5.73 Å². The summed E-state index contributed by atoms with van der Waals surface area (Å²) in [5.74, 6) is 0. The first-order chi connectivity index (χ1) is 3.77. The fourth-order valence-corrected chi connectivity index (χ4v) is 0.322. The van der Waals surface area contributed by atoms with Crippen molar-refractivity contribution in [3.63, 3.8) is 0 Å². The van der Waals surface area contributed by atoms with E-state index in [0.29, 0.717) is 0 Å². The molecule has 0 aromatic rings. The zero-order valence-corrected chi connectivity index (χ0v) is 6.36. The van der Waals surface area contributed by atoms with Crippen molar-refractivity contribution < 1.29 is 0 Å². The number of rotatable bonds is 2. The molecule has 0 aliphatic carbocycles. The summed E-state index contributed by atoms with van der Waals surface area (Å²) in [7, 11) is 1.89. The van der Waals surface area contributed by atoms with Gasteiger partial charge in [0.1, 0.15) is 0 Å². The van der Waals surface area contributed by atoms with E-state index in [1.54, 1.807) is 0 Å². The minimum atomic E-state index is 0.287. The second-order valence-electron chi connectivity index (χ2n) is 1.53. The minimum absolute atomic E-state index is 0.287. The fourth-order valence-electron chi connectivity index (χ4n) is 0.322. The van der Waals surface area contributed by atoms with E-state index in [-0.39, 0.29) is 6.04 Å². The highest BCUT2D eigenvalue weighted by molar-refractivity contribution is 4.51. The largest absolute Gasteiger partial charge is 0.327 e. The van der Waals surface area contributed by atoms with Gasteiger partial charge in [0, 0.05) is 12.6 Å². The van der Waals surface area contributed by atoms with Crippen LogP contribution in [0.3, 0.4) is 0 Å². The number of nitrogens with one attached hydrogen (secondary N) is 1. The molecule has 2 nitrogen and oxygen atoms in total. The quantitative estimate of drug-likeness (QED) is 0.556. The van der Waals surface area contributed by atoms with E-state index in [1.807, 2.05) is 27.8 Å². The van der Waals surface area contributed by atoms with E-state index in [4.69, 9.17) is 5.73 Å². The van der Waals surface area contributed by atoms with Gasteiger partial charge >= 0.3 is 0 Å². The van der Waals surface area contributed by atoms with Gasteiger partial charge in [-0.25, -0.2) is 0 Å². The first kappa shape index (κ1) is 10.8. The maximum absolute atomic E-state index is 5.34. The second-order valence-corrected chi connectivity index (χ2v) is 1.53. The van der Waals surface area contributed by atoms with Crippen molar-refractivity contribution in [1.82, 2.24) is 5.32 Å². The first-order valence-electron chi connectivity index (χ1n) is 3.17. The molecule has 2 heteroatoms. The molecule has 0 rings (SSSR count). The van der Waals surface area contributed by atoms with Gasteiger partial charge in [0.2, 0.25) is 0 Å². The van der Waals surface area contributed by atoms with Gasteiger partial charge in [0.15, 0.2) is 0 Å². The van der Waals surface area contributed by atoms with Crippen molar-refractivity contribution in [2.75, 3.05) is 13.6 Å². The van der Waals surface area contributed by atoms with Crippen LogP contribution in [0.15, 0.2) is 0 Å². The van der Waals surface area contributed by atoms with Crippen molar-refractivity contribution in [3.8, 4) is 0 Å². The molecule has 0 radical (unpaired) electrons. The Bertz CT molecular complexity index is 27.7. The maximum atomic E-state index is 5.34. The SMILES string of the molecule is CC.CNCC(C)N. The van der Waals surface area contributed by atoms with Crippen molar-refractivity contribution in [1.29, 1.82) is 0 Å². The Balaban J connectivity index is 0. The highest BCUT2D eigenvalue weighted by Crippen LogP contribution is 1.63. The Morgan fingerprint density at radius 3 is 1.88 bits per heavy atom. The second kappa shape index (κ2) is 10.0. The molecular weight excluding hydrogens is 100 g/mol. The van der Waals surface area contributed by atoms with Crippen LogP contribution in [0.1, 0.15) is 20.8 Å². The predicted molar refractivity (Wildman–Crippen MR) is 38.9 cm³/mol. The molecule has 3 N–H and O–H groups in total. The zero-order valence-electron chi connectivity index (χ0n) is 6.36. The summed E-state index contributed by atoms with van der Waals surface area (Å²) in [6, 6.07) is 0.287. The molecule has 1 atom stereocenters. The molecule has 0 bridgehead atoms. The van der Waals surface area contributed by atoms with E-state index < -0.39 is 0 Å². The summed E-state index contributed by atoms with van der Waals surface area (Å²) >= 11 is 0. The normalized spacial score (nSPS) is 11.6. The van der Waals surface area contributed by atoms with Gasteiger partial charge in [-0.15, -0.1) is 0 Å². The number of hydrogen-bond donors (Lipinski definition) is 2. The van der Waals surface area contributed by atoms with E-state index >= 15 is 0 Å². The van der Waals surface area contributed by atoms with E-state index in [9.17, 15) is 0 Å². The van der Waals surface area contributed by atoms with E-state index in [1.165, 1.54) is 0 Å². The van der Waals surface area contributed by atoms with E-state index in [2.05, 4.69) is 5.32 Å². The van der Waals surface area contributed by atoms with Gasteiger partial charge in [-0.05, 0) is 14.0 Å². The van der Waals surface area contributed by atoms with Gasteiger partial charge in [0.05, 0.1) is 0 Å². The lowest BCUT2D eigenvalue weighted by molar-refractivity contribution is 0.666. The van der Waals surface area contributed by atoms with Gasteiger partial charge in [0.25, 0.3) is 0 Å². The third-order valence-electron chi connectivity index (χ3n) is 0.526. The van der Waals surface area contributed by atoms with Crippen molar-refractivity contribution in [2.45, 2.75) is 26.8 Å². The molecule has 0 fully saturated rings. The average molecular weight is 118 g/mol. The van der Waals surface area contributed by atoms with E-state index in [0.717, 1.165) is 6.54 Å². The molecule has 0 amide bonds. The van der Waals surface area contributed by atoms with Crippen LogP contribution in [0.5, 0.6) is 0 Å². The van der Waals surface area contributed by atoms with Gasteiger partial charge in [-0.3, -0.25) is 0 Å². The lowest BCUT2D eigenvalue weighted by atomic mass is 10.4. The van der Waals surface area contributed by atoms with Crippen LogP contribution >= 0.6 is 0 Å². The molecule has 8 heavy (non-hydrogen) atoms. The topological polar surface area (TPSA) is 38.0 Å². The number of hydrogen-bond acceptors (Lipinski definition) is 2. The predicted octanol–water partition coefficient (Wildman–Crippen LogP) is 0.579. The van der Waals surface area contributed by atoms with Crippen LogP contribution in [0, 0.1) is 0 Å². The Morgan fingerprint density at radius 2 is 1.88 bits per heavy atom. The highest BCUT2D eigenvalue weighted by Gasteiger charge is 1.84. The van der Waals surface area contributed by atoms with Gasteiger partial charge in [-0.1, -0.05) is 13.8 Å². The summed E-state index contributed by atoms with van der Waals surface area (Å²) in [5, 5.41) is 2.94. The molecule has 52 valence electrons. The van der Waals surface area contributed by atoms with Crippen molar-refractivity contribution in [3.05, 3.63) is 0 Å². The Morgan fingerprint density at radius 1 is 1.50 bits per heavy atom. The molecule has 0 aliphatic heterocycles. The summed E-state index contributed by atoms with van der Waals surface area (Å²) in [6.45, 7) is 6.87. The lowest BCUT2D eigenvalue weighted by Gasteiger charge is -1.99. The fraction of sp³-hybridized carbons (Fsp3) is 1.00. The molecule has 0 spiro atoms. The van der Waals surface area contributed by atoms with Gasteiger partial charge in [-0.2, -0.15) is 0 Å². The maximum Gasteiger partial charge on any atom is 0.0136 e. The van der Waals surface area contributed by atoms with Crippen LogP contribution in [0.25, 0.3) is 0 Å². The monoisotopic (exact) mass is 118 g/mol. The Kier molecular flexibility index (Phi) is 13.6. The first-order valence-corrected chi connectivity index (χ1v) is 3.17. The molecule has 0 heterocycles. The third-order valence-corrected chi connectivity index (χ3v) is 0.526. The summed E-state index contributed by atoms with van der Waals surface area (Å²) < 4.78 is 0. The molecule has 0 aromatic heterocycles. The number of likely N-dealkylation sites (N-methyl/N-ethyl adjacent to an activating group) is 1. The standard InChI is InChI=1S/C4H12N2.C2H6/c1-4(5)3-6-2;1-2/h4,6H,3,5H2,1-2H3;1-2H3. The Hall–Kier alpha value is -0.0800. The van der Waals surface area contributed by atoms with Crippen molar-refractivity contribution >= 4 is 0 Å². The molecular formula is C6H18N2. The summed E-state index contributed by atoms with van der Waals surface area (Å²) in [6.07, 6.45) is 0. The zero-order chi connectivity index (χ0) is 6.99. The highest BCUT2D eigenvalue weighted by atomic mass is 14.8. The lowest BCUT2D eigenvalue weighted by Crippen LogP contribution is -2.28. The molecule has 0 aromatic carbocycles. The van der Waals surface area contributed by atoms with Crippen LogP contribution in [-0.2, 0) is 0 Å². The molecule has 1 unspecified atom stereocenters. The Labute approximate surface area is 52.5 Å². The smallest absolute Gasteiger partial charge is 0.0136 e. The third kappa shape index (κ3) is 16.8.